The number of halogens is 2. The predicted octanol–water partition coefficient (Wildman–Crippen LogP) is 3.87. The van der Waals surface area contributed by atoms with Crippen molar-refractivity contribution in [2.75, 3.05) is 5.32 Å². The maximum absolute atomic E-state index is 10.3. The number of aliphatic hydroxyl groups excluding tert-OH is 1. The molecule has 5 heteroatoms. The van der Waals surface area contributed by atoms with E-state index in [9.17, 15) is 5.11 Å². The van der Waals surface area contributed by atoms with Crippen molar-refractivity contribution in [3.63, 3.8) is 0 Å². The van der Waals surface area contributed by atoms with Crippen LogP contribution in [-0.4, -0.2) is 11.1 Å². The zero-order valence-corrected chi connectivity index (χ0v) is 12.5. The molecule has 3 nitrogen and oxygen atoms in total. The molecule has 94 valence electrons. The fourth-order valence-electron chi connectivity index (χ4n) is 2.22. The van der Waals surface area contributed by atoms with Crippen LogP contribution in [0.25, 0.3) is 0 Å². The van der Waals surface area contributed by atoms with E-state index >= 15 is 0 Å². The van der Waals surface area contributed by atoms with Crippen LogP contribution in [0.1, 0.15) is 17.4 Å². The molecule has 0 amide bonds. The van der Waals surface area contributed by atoms with Crippen LogP contribution in [0.3, 0.4) is 0 Å². The first-order valence-corrected chi connectivity index (χ1v) is 7.21. The van der Waals surface area contributed by atoms with E-state index in [4.69, 9.17) is 4.42 Å². The molecule has 1 aliphatic heterocycles. The highest BCUT2D eigenvalue weighted by atomic mass is 79.9. The summed E-state index contributed by atoms with van der Waals surface area (Å²) in [5, 5.41) is 13.7. The molecule has 18 heavy (non-hydrogen) atoms. The molecular weight excluding hydrogens is 362 g/mol. The van der Waals surface area contributed by atoms with Gasteiger partial charge >= 0.3 is 0 Å². The minimum Gasteiger partial charge on any atom is -0.450 e. The van der Waals surface area contributed by atoms with Crippen LogP contribution < -0.4 is 5.32 Å². The summed E-state index contributed by atoms with van der Waals surface area (Å²) >= 11 is 6.63. The van der Waals surface area contributed by atoms with Gasteiger partial charge in [-0.15, -0.1) is 0 Å². The minimum absolute atomic E-state index is 0.0488. The van der Waals surface area contributed by atoms with Gasteiger partial charge in [0.2, 0.25) is 0 Å². The van der Waals surface area contributed by atoms with Crippen LogP contribution >= 0.6 is 31.9 Å². The van der Waals surface area contributed by atoms with Gasteiger partial charge in [-0.05, 0) is 56.0 Å². The number of para-hydroxylation sites is 1. The van der Waals surface area contributed by atoms with E-state index in [0.717, 1.165) is 16.6 Å². The van der Waals surface area contributed by atoms with E-state index in [1.807, 2.05) is 18.2 Å². The maximum Gasteiger partial charge on any atom is 0.183 e. The summed E-state index contributed by atoms with van der Waals surface area (Å²) in [6.07, 6.45) is 0.132. The molecule has 2 aromatic rings. The standard InChI is InChI=1S/C13H11Br2NO2/c14-8-6-11(18-13(8)15)12(17)10-5-7-3-1-2-4-9(7)16-10/h1-4,6,10,12,16-17H,5H2. The van der Waals surface area contributed by atoms with Crippen LogP contribution in [0.15, 0.2) is 43.9 Å². The first kappa shape index (κ1) is 12.3. The van der Waals surface area contributed by atoms with Gasteiger partial charge in [-0.3, -0.25) is 0 Å². The largest absolute Gasteiger partial charge is 0.450 e. The Labute approximate surface area is 121 Å². The van der Waals surface area contributed by atoms with E-state index in [-0.39, 0.29) is 6.04 Å². The minimum atomic E-state index is -0.667. The monoisotopic (exact) mass is 371 g/mol. The van der Waals surface area contributed by atoms with E-state index in [1.165, 1.54) is 5.56 Å². The molecule has 0 radical (unpaired) electrons. The third-order valence-corrected chi connectivity index (χ3v) is 4.85. The number of hydrogen-bond acceptors (Lipinski definition) is 3. The van der Waals surface area contributed by atoms with Crippen molar-refractivity contribution in [1.82, 2.24) is 0 Å². The summed E-state index contributed by atoms with van der Waals surface area (Å²) in [5.41, 5.74) is 2.32. The maximum atomic E-state index is 10.3. The Hall–Kier alpha value is -0.780. The SMILES string of the molecule is OC(c1cc(Br)c(Br)o1)C1Cc2ccccc2N1. The molecule has 0 saturated carbocycles. The van der Waals surface area contributed by atoms with Crippen LogP contribution in [0.2, 0.25) is 0 Å². The number of aliphatic hydroxyl groups is 1. The van der Waals surface area contributed by atoms with Gasteiger partial charge in [0.25, 0.3) is 0 Å². The van der Waals surface area contributed by atoms with Gasteiger partial charge < -0.3 is 14.8 Å². The van der Waals surface area contributed by atoms with E-state index < -0.39 is 6.10 Å². The number of hydrogen-bond donors (Lipinski definition) is 2. The van der Waals surface area contributed by atoms with Gasteiger partial charge in [-0.25, -0.2) is 0 Å². The average Bonchev–Trinajstić information content (AvgIpc) is 2.93. The lowest BCUT2D eigenvalue weighted by Crippen LogP contribution is -2.24. The second kappa shape index (κ2) is 4.72. The van der Waals surface area contributed by atoms with Crippen LogP contribution in [-0.2, 0) is 6.42 Å². The number of furan rings is 1. The molecule has 0 aliphatic carbocycles. The second-order valence-corrected chi connectivity index (χ2v) is 5.90. The third kappa shape index (κ3) is 2.11. The molecule has 1 aromatic carbocycles. The van der Waals surface area contributed by atoms with Gasteiger partial charge in [-0.1, -0.05) is 18.2 Å². The van der Waals surface area contributed by atoms with Crippen LogP contribution in [0.5, 0.6) is 0 Å². The smallest absolute Gasteiger partial charge is 0.183 e. The van der Waals surface area contributed by atoms with Gasteiger partial charge in [0.05, 0.1) is 10.5 Å². The molecule has 1 aromatic heterocycles. The summed E-state index contributed by atoms with van der Waals surface area (Å²) in [6, 6.07) is 9.83. The number of anilines is 1. The molecule has 0 saturated heterocycles. The lowest BCUT2D eigenvalue weighted by atomic mass is 10.0. The van der Waals surface area contributed by atoms with Crippen molar-refractivity contribution < 1.29 is 9.52 Å². The zero-order chi connectivity index (χ0) is 12.7. The quantitative estimate of drug-likeness (QED) is 0.840. The topological polar surface area (TPSA) is 45.4 Å². The highest BCUT2D eigenvalue weighted by molar-refractivity contribution is 9.13. The zero-order valence-electron chi connectivity index (χ0n) is 9.36. The summed E-state index contributed by atoms with van der Waals surface area (Å²) in [4.78, 5) is 0. The van der Waals surface area contributed by atoms with Gasteiger partial charge in [0.15, 0.2) is 4.67 Å². The third-order valence-electron chi connectivity index (χ3n) is 3.13. The highest BCUT2D eigenvalue weighted by Crippen LogP contribution is 2.35. The molecular formula is C13H11Br2NO2. The van der Waals surface area contributed by atoms with Crippen LogP contribution in [0, 0.1) is 0 Å². The Morgan fingerprint density at radius 2 is 2.11 bits per heavy atom. The van der Waals surface area contributed by atoms with Gasteiger partial charge in [-0.2, -0.15) is 0 Å². The van der Waals surface area contributed by atoms with E-state index in [2.05, 4.69) is 43.2 Å². The molecule has 2 N–H and O–H groups in total. The van der Waals surface area contributed by atoms with Crippen molar-refractivity contribution >= 4 is 37.5 Å². The summed E-state index contributed by atoms with van der Waals surface area (Å²) in [5.74, 6) is 0.555. The Kier molecular flexibility index (Phi) is 3.21. The molecule has 3 rings (SSSR count). The molecule has 0 spiro atoms. The van der Waals surface area contributed by atoms with Gasteiger partial charge in [0, 0.05) is 5.69 Å². The Balaban J connectivity index is 1.82. The number of rotatable bonds is 2. The first-order chi connectivity index (χ1) is 8.65. The van der Waals surface area contributed by atoms with Crippen molar-refractivity contribution in [2.45, 2.75) is 18.6 Å². The number of benzene rings is 1. The Morgan fingerprint density at radius 1 is 1.33 bits per heavy atom. The normalized spacial score (nSPS) is 19.4. The summed E-state index contributed by atoms with van der Waals surface area (Å²) in [7, 11) is 0. The fraction of sp³-hybridized carbons (Fsp3) is 0.231. The Bertz CT molecular complexity index is 538. The van der Waals surface area contributed by atoms with E-state index in [1.54, 1.807) is 6.07 Å². The first-order valence-electron chi connectivity index (χ1n) is 5.62. The molecule has 2 unspecified atom stereocenters. The van der Waals surface area contributed by atoms with Crippen molar-refractivity contribution in [3.05, 3.63) is 50.8 Å². The predicted molar refractivity (Wildman–Crippen MR) is 76.6 cm³/mol. The summed E-state index contributed by atoms with van der Waals surface area (Å²) in [6.45, 7) is 0. The highest BCUT2D eigenvalue weighted by Gasteiger charge is 2.30. The number of nitrogens with one attached hydrogen (secondary N) is 1. The molecule has 2 atom stereocenters. The summed E-state index contributed by atoms with van der Waals surface area (Å²) < 4.78 is 6.88. The van der Waals surface area contributed by atoms with Crippen LogP contribution in [0.4, 0.5) is 5.69 Å². The number of fused-ring (bicyclic) bond motifs is 1. The van der Waals surface area contributed by atoms with E-state index in [0.29, 0.717) is 10.4 Å². The average molecular weight is 373 g/mol. The molecule has 0 fully saturated rings. The second-order valence-electron chi connectivity index (χ2n) is 4.33. The molecule has 0 bridgehead atoms. The van der Waals surface area contributed by atoms with Crippen molar-refractivity contribution in [2.24, 2.45) is 0 Å². The molecule has 2 heterocycles. The fourth-order valence-corrected chi connectivity index (χ4v) is 2.83. The lowest BCUT2D eigenvalue weighted by Gasteiger charge is -2.16. The Morgan fingerprint density at radius 3 is 2.78 bits per heavy atom. The van der Waals surface area contributed by atoms with Crippen molar-refractivity contribution in [3.8, 4) is 0 Å². The molecule has 1 aliphatic rings. The van der Waals surface area contributed by atoms with Crippen molar-refractivity contribution in [1.29, 1.82) is 0 Å². The van der Waals surface area contributed by atoms with Gasteiger partial charge in [0.1, 0.15) is 11.9 Å². The lowest BCUT2D eigenvalue weighted by molar-refractivity contribution is 0.129.